The smallest absolute Gasteiger partial charge is 0.873 e. The minimum Gasteiger partial charge on any atom is -0.873 e. The van der Waals surface area contributed by atoms with E-state index in [1.54, 1.807) is 12.3 Å². The largest absolute Gasteiger partial charge is 2.00 e. The molecule has 196 valence electrons. The molecule has 36 heavy (non-hydrogen) atoms. The Kier molecular flexibility index (Phi) is 10.7. The number of hydrogen-bond donors (Lipinski definition) is 0. The zero-order valence-corrected chi connectivity index (χ0v) is 24.0. The van der Waals surface area contributed by atoms with Crippen LogP contribution < -0.4 is 14.9 Å². The van der Waals surface area contributed by atoms with Crippen LogP contribution in [0.15, 0.2) is 53.7 Å². The van der Waals surface area contributed by atoms with Gasteiger partial charge in [-0.3, -0.25) is 9.98 Å². The van der Waals surface area contributed by atoms with Crippen molar-refractivity contribution in [2.75, 3.05) is 7.11 Å². The van der Waals surface area contributed by atoms with Crippen molar-refractivity contribution in [2.24, 2.45) is 4.99 Å². The summed E-state index contributed by atoms with van der Waals surface area (Å²) in [7, 11) is 1.53. The fourth-order valence-electron chi connectivity index (χ4n) is 3.83. The molecule has 0 atom stereocenters. The number of pyridine rings is 1. The maximum atomic E-state index is 12.3. The second kappa shape index (κ2) is 12.4. The molecular formula is C30H38N2NiO3. The number of aliphatic imine (C=N–C) groups is 1. The van der Waals surface area contributed by atoms with Crippen LogP contribution in [-0.4, -0.2) is 17.8 Å². The Morgan fingerprint density at radius 1 is 0.861 bits per heavy atom. The van der Waals surface area contributed by atoms with Gasteiger partial charge in [0.15, 0.2) is 0 Å². The minimum atomic E-state index is -0.438. The van der Waals surface area contributed by atoms with E-state index in [1.807, 2.05) is 66.7 Å². The molecule has 1 heterocycles. The Morgan fingerprint density at radius 2 is 1.44 bits per heavy atom. The van der Waals surface area contributed by atoms with Gasteiger partial charge in [-0.1, -0.05) is 65.8 Å². The van der Waals surface area contributed by atoms with Crippen molar-refractivity contribution in [1.82, 2.24) is 4.98 Å². The molecule has 0 bridgehead atoms. The molecule has 0 N–H and O–H groups in total. The van der Waals surface area contributed by atoms with Gasteiger partial charge in [-0.2, -0.15) is 0 Å². The van der Waals surface area contributed by atoms with Gasteiger partial charge in [-0.15, -0.1) is 11.5 Å². The molecule has 3 aromatic rings. The van der Waals surface area contributed by atoms with E-state index in [4.69, 9.17) is 4.74 Å². The Hall–Kier alpha value is -2.85. The topological polar surface area (TPSA) is 80.6 Å². The van der Waals surface area contributed by atoms with Crippen LogP contribution in [0.2, 0.25) is 0 Å². The minimum absolute atomic E-state index is 0. The Labute approximate surface area is 226 Å². The van der Waals surface area contributed by atoms with Gasteiger partial charge in [-0.25, -0.2) is 0 Å². The van der Waals surface area contributed by atoms with Gasteiger partial charge >= 0.3 is 16.5 Å². The molecule has 0 amide bonds. The maximum absolute atomic E-state index is 12.3. The summed E-state index contributed by atoms with van der Waals surface area (Å²) >= 11 is 0. The Bertz CT molecular complexity index is 1170. The number of rotatable bonds is 3. The molecule has 0 unspecified atom stereocenters. The molecule has 6 heteroatoms. The van der Waals surface area contributed by atoms with Gasteiger partial charge in [-0.05, 0) is 72.1 Å². The van der Waals surface area contributed by atoms with E-state index < -0.39 is 16.9 Å². The molecule has 0 saturated heterocycles. The molecule has 0 saturated carbocycles. The first-order valence-electron chi connectivity index (χ1n) is 11.8. The van der Waals surface area contributed by atoms with Crippen LogP contribution >= 0.6 is 0 Å². The summed E-state index contributed by atoms with van der Waals surface area (Å²) in [5.41, 5.74) is 5.52. The van der Waals surface area contributed by atoms with E-state index in [1.165, 1.54) is 18.2 Å². The summed E-state index contributed by atoms with van der Waals surface area (Å²) < 4.78 is 5.30. The zero-order chi connectivity index (χ0) is 26.6. The fraction of sp³-hybridized carbons (Fsp3) is 0.400. The standard InChI is InChI=1S/C15H16N2.C15H24O3.Ni/c1-11-7-6-8-12(2)15(11)17-13(3)14-9-4-5-10-16-14;1-14(2,3)9-8-10(18-7)11(15(4,5)6)13(17)12(9)16;/h4-10H,1-3H3;8,16-17H,1-7H3;/q;;+2/p-2. The average Bonchev–Trinajstić information content (AvgIpc) is 2.77. The summed E-state index contributed by atoms with van der Waals surface area (Å²) in [6, 6.07) is 13.8. The number of aryl methyl sites for hydroxylation is 2. The number of methoxy groups -OCH3 is 1. The van der Waals surface area contributed by atoms with Gasteiger partial charge in [0.2, 0.25) is 0 Å². The monoisotopic (exact) mass is 532 g/mol. The number of aromatic nitrogens is 1. The van der Waals surface area contributed by atoms with Gasteiger partial charge in [0.05, 0.1) is 24.2 Å². The van der Waals surface area contributed by atoms with E-state index in [0.717, 1.165) is 17.1 Å². The molecule has 5 nitrogen and oxygen atoms in total. The van der Waals surface area contributed by atoms with E-state index in [9.17, 15) is 10.2 Å². The Balaban J connectivity index is 0.000000351. The number of benzene rings is 2. The molecule has 0 fully saturated rings. The molecule has 0 aliphatic rings. The van der Waals surface area contributed by atoms with Crippen molar-refractivity contribution in [3.63, 3.8) is 0 Å². The number of hydrogen-bond acceptors (Lipinski definition) is 5. The first-order valence-corrected chi connectivity index (χ1v) is 11.8. The van der Waals surface area contributed by atoms with Gasteiger partial charge in [0.25, 0.3) is 0 Å². The van der Waals surface area contributed by atoms with Crippen LogP contribution in [-0.2, 0) is 27.3 Å². The first-order chi connectivity index (χ1) is 16.2. The normalized spacial score (nSPS) is 11.8. The summed E-state index contributed by atoms with van der Waals surface area (Å²) in [6.07, 6.45) is 1.79. The van der Waals surface area contributed by atoms with Crippen molar-refractivity contribution in [3.05, 3.63) is 76.6 Å². The van der Waals surface area contributed by atoms with E-state index in [-0.39, 0.29) is 21.9 Å². The zero-order valence-electron chi connectivity index (χ0n) is 23.1. The summed E-state index contributed by atoms with van der Waals surface area (Å²) in [5, 5.41) is 24.5. The van der Waals surface area contributed by atoms with Crippen LogP contribution in [0.25, 0.3) is 0 Å². The van der Waals surface area contributed by atoms with Crippen LogP contribution in [0.3, 0.4) is 0 Å². The maximum Gasteiger partial charge on any atom is 2.00 e. The van der Waals surface area contributed by atoms with Gasteiger partial charge in [0, 0.05) is 6.20 Å². The van der Waals surface area contributed by atoms with Crippen molar-refractivity contribution in [3.8, 4) is 17.2 Å². The number of para-hydroxylation sites is 1. The Morgan fingerprint density at radius 3 is 1.89 bits per heavy atom. The van der Waals surface area contributed by atoms with Crippen LogP contribution in [0.4, 0.5) is 5.69 Å². The molecule has 2 aromatic carbocycles. The predicted molar refractivity (Wildman–Crippen MR) is 141 cm³/mol. The predicted octanol–water partition coefficient (Wildman–Crippen LogP) is 6.27. The van der Waals surface area contributed by atoms with Crippen LogP contribution in [0, 0.1) is 13.8 Å². The quantitative estimate of drug-likeness (QED) is 0.294. The van der Waals surface area contributed by atoms with Gasteiger partial charge in [0.1, 0.15) is 5.75 Å². The van der Waals surface area contributed by atoms with Gasteiger partial charge < -0.3 is 14.9 Å². The molecule has 0 radical (unpaired) electrons. The molecular weight excluding hydrogens is 495 g/mol. The van der Waals surface area contributed by atoms with Crippen molar-refractivity contribution in [1.29, 1.82) is 0 Å². The molecule has 0 spiro atoms. The SMILES string of the molecule is CC(=Nc1c(C)cccc1C)c1ccccn1.COc1cc(C(C)(C)C)c([O-])c([O-])c1C(C)(C)C.[Ni+2]. The third kappa shape index (κ3) is 7.57. The number of nitrogens with zero attached hydrogens (tertiary/aromatic N) is 2. The first kappa shape index (κ1) is 31.2. The van der Waals surface area contributed by atoms with Crippen LogP contribution in [0.1, 0.15) is 76.4 Å². The van der Waals surface area contributed by atoms with Crippen molar-refractivity contribution < 1.29 is 31.4 Å². The third-order valence-corrected chi connectivity index (χ3v) is 5.73. The molecule has 0 aliphatic carbocycles. The van der Waals surface area contributed by atoms with Crippen LogP contribution in [0.5, 0.6) is 17.2 Å². The fourth-order valence-corrected chi connectivity index (χ4v) is 3.83. The van der Waals surface area contributed by atoms with Crippen molar-refractivity contribution in [2.45, 2.75) is 73.1 Å². The molecule has 0 aliphatic heterocycles. The van der Waals surface area contributed by atoms with Crippen molar-refractivity contribution >= 4 is 11.4 Å². The second-order valence-electron chi connectivity index (χ2n) is 10.8. The summed E-state index contributed by atoms with van der Waals surface area (Å²) in [5.74, 6) is -0.336. The number of ether oxygens (including phenoxy) is 1. The third-order valence-electron chi connectivity index (χ3n) is 5.73. The second-order valence-corrected chi connectivity index (χ2v) is 10.8. The van der Waals surface area contributed by atoms with E-state index in [2.05, 4.69) is 42.0 Å². The summed E-state index contributed by atoms with van der Waals surface area (Å²) in [4.78, 5) is 8.99. The average molecular weight is 533 g/mol. The summed E-state index contributed by atoms with van der Waals surface area (Å²) in [6.45, 7) is 17.6. The molecule has 1 aromatic heterocycles. The van der Waals surface area contributed by atoms with E-state index >= 15 is 0 Å². The van der Waals surface area contributed by atoms with E-state index in [0.29, 0.717) is 16.9 Å². The molecule has 3 rings (SSSR count).